The van der Waals surface area contributed by atoms with Gasteiger partial charge in [0.05, 0.1) is 10.3 Å². The van der Waals surface area contributed by atoms with E-state index in [2.05, 4.69) is 17.3 Å². The highest BCUT2D eigenvalue weighted by Gasteiger charge is 2.14. The van der Waals surface area contributed by atoms with Crippen LogP contribution < -0.4 is 10.9 Å². The van der Waals surface area contributed by atoms with E-state index >= 15 is 0 Å². The fourth-order valence-electron chi connectivity index (χ4n) is 2.53. The number of nitrogens with zero attached hydrogens (tertiary/aromatic N) is 2. The lowest BCUT2D eigenvalue weighted by molar-refractivity contribution is -0.121. The van der Waals surface area contributed by atoms with Crippen molar-refractivity contribution in [3.8, 4) is 10.6 Å². The predicted octanol–water partition coefficient (Wildman–Crippen LogP) is 3.04. The monoisotopic (exact) mass is 341 g/mol. The number of hydrogen-bond acceptors (Lipinski definition) is 4. The molecule has 1 N–H and O–H groups in total. The summed E-state index contributed by atoms with van der Waals surface area (Å²) in [6.07, 6.45) is 1.93. The molecule has 5 nitrogen and oxygen atoms in total. The summed E-state index contributed by atoms with van der Waals surface area (Å²) in [5, 5.41) is 10.7. The first-order valence-electron chi connectivity index (χ1n) is 8.01. The molecule has 0 atom stereocenters. The molecule has 6 heteroatoms. The van der Waals surface area contributed by atoms with E-state index in [0.29, 0.717) is 11.9 Å². The van der Waals surface area contributed by atoms with Gasteiger partial charge in [-0.05, 0) is 23.9 Å². The number of carbonyl (C=O) groups excluding carboxylic acids is 1. The van der Waals surface area contributed by atoms with Gasteiger partial charge < -0.3 is 5.32 Å². The van der Waals surface area contributed by atoms with E-state index in [4.69, 9.17) is 0 Å². The first kappa shape index (κ1) is 16.4. The molecule has 0 saturated heterocycles. The van der Waals surface area contributed by atoms with Crippen molar-refractivity contribution in [3.05, 3.63) is 52.1 Å². The molecule has 2 aromatic heterocycles. The lowest BCUT2D eigenvalue weighted by Gasteiger charge is -2.10. The maximum absolute atomic E-state index is 12.6. The largest absolute Gasteiger partial charge is 0.354 e. The number of rotatable bonds is 6. The topological polar surface area (TPSA) is 64.0 Å². The second-order valence-electron chi connectivity index (χ2n) is 5.54. The number of hydrogen-bond donors (Lipinski definition) is 1. The Hall–Kier alpha value is -2.47. The van der Waals surface area contributed by atoms with Crippen LogP contribution in [0.5, 0.6) is 0 Å². The number of benzene rings is 1. The van der Waals surface area contributed by atoms with Gasteiger partial charge in [-0.1, -0.05) is 37.6 Å². The first-order valence-corrected chi connectivity index (χ1v) is 8.89. The maximum Gasteiger partial charge on any atom is 0.275 e. The molecule has 0 aliphatic heterocycles. The minimum absolute atomic E-state index is 0.0637. The van der Waals surface area contributed by atoms with E-state index in [9.17, 15) is 9.59 Å². The predicted molar refractivity (Wildman–Crippen MR) is 97.2 cm³/mol. The number of fused-ring (bicyclic) bond motifs is 1. The average molecular weight is 341 g/mol. The highest BCUT2D eigenvalue weighted by atomic mass is 32.1. The third-order valence-electron chi connectivity index (χ3n) is 3.77. The zero-order valence-electron chi connectivity index (χ0n) is 13.5. The van der Waals surface area contributed by atoms with Crippen molar-refractivity contribution in [1.82, 2.24) is 15.1 Å². The first-order chi connectivity index (χ1) is 11.7. The van der Waals surface area contributed by atoms with Crippen molar-refractivity contribution < 1.29 is 4.79 Å². The summed E-state index contributed by atoms with van der Waals surface area (Å²) in [5.41, 5.74) is 0.498. The van der Waals surface area contributed by atoms with Gasteiger partial charge >= 0.3 is 0 Å². The van der Waals surface area contributed by atoms with Crippen LogP contribution in [0, 0.1) is 0 Å². The fourth-order valence-corrected chi connectivity index (χ4v) is 3.26. The van der Waals surface area contributed by atoms with Crippen LogP contribution in [0.25, 0.3) is 21.3 Å². The number of unbranched alkanes of at least 4 members (excludes halogenated alkanes) is 1. The van der Waals surface area contributed by atoms with Gasteiger partial charge in [-0.15, -0.1) is 11.3 Å². The smallest absolute Gasteiger partial charge is 0.275 e. The van der Waals surface area contributed by atoms with Crippen LogP contribution in [0.3, 0.4) is 0 Å². The molecule has 3 aromatic rings. The van der Waals surface area contributed by atoms with Gasteiger partial charge in [0.15, 0.2) is 0 Å². The van der Waals surface area contributed by atoms with Gasteiger partial charge in [0, 0.05) is 11.9 Å². The molecular weight excluding hydrogens is 322 g/mol. The summed E-state index contributed by atoms with van der Waals surface area (Å²) in [7, 11) is 0. The molecule has 3 rings (SSSR count). The summed E-state index contributed by atoms with van der Waals surface area (Å²) in [4.78, 5) is 25.7. The molecular formula is C18H19N3O2S. The molecule has 0 saturated carbocycles. The van der Waals surface area contributed by atoms with Gasteiger partial charge in [0.25, 0.3) is 5.56 Å². The molecule has 24 heavy (non-hydrogen) atoms. The molecule has 1 aromatic carbocycles. The summed E-state index contributed by atoms with van der Waals surface area (Å²) < 4.78 is 1.26. The van der Waals surface area contributed by atoms with E-state index < -0.39 is 0 Å². The van der Waals surface area contributed by atoms with Gasteiger partial charge in [-0.2, -0.15) is 5.10 Å². The number of aromatic nitrogens is 2. The Morgan fingerprint density at radius 3 is 2.71 bits per heavy atom. The van der Waals surface area contributed by atoms with E-state index in [-0.39, 0.29) is 18.0 Å². The van der Waals surface area contributed by atoms with E-state index in [1.807, 2.05) is 35.7 Å². The van der Waals surface area contributed by atoms with E-state index in [1.54, 1.807) is 17.4 Å². The lowest BCUT2D eigenvalue weighted by Crippen LogP contribution is -2.34. The molecule has 0 spiro atoms. The Kier molecular flexibility index (Phi) is 5.05. The fraction of sp³-hybridized carbons (Fsp3) is 0.278. The van der Waals surface area contributed by atoms with Crippen molar-refractivity contribution in [3.63, 3.8) is 0 Å². The van der Waals surface area contributed by atoms with Crippen molar-refractivity contribution in [2.45, 2.75) is 26.3 Å². The Morgan fingerprint density at radius 2 is 2.00 bits per heavy atom. The normalized spacial score (nSPS) is 10.9. The van der Waals surface area contributed by atoms with E-state index in [0.717, 1.165) is 28.8 Å². The SMILES string of the molecule is CCCCNC(=O)Cn1nc(-c2cccs2)c2ccccc2c1=O. The van der Waals surface area contributed by atoms with Crippen LogP contribution in [0.1, 0.15) is 19.8 Å². The van der Waals surface area contributed by atoms with Crippen LogP contribution in [0.15, 0.2) is 46.6 Å². The van der Waals surface area contributed by atoms with Crippen molar-refractivity contribution in [2.24, 2.45) is 0 Å². The van der Waals surface area contributed by atoms with Crippen LogP contribution >= 0.6 is 11.3 Å². The van der Waals surface area contributed by atoms with Crippen molar-refractivity contribution >= 4 is 28.0 Å². The number of carbonyl (C=O) groups is 1. The zero-order chi connectivity index (χ0) is 16.9. The van der Waals surface area contributed by atoms with Gasteiger partial charge in [0.2, 0.25) is 5.91 Å². The zero-order valence-corrected chi connectivity index (χ0v) is 14.3. The third kappa shape index (κ3) is 3.38. The molecule has 0 bridgehead atoms. The van der Waals surface area contributed by atoms with Crippen molar-refractivity contribution in [2.75, 3.05) is 6.54 Å². The maximum atomic E-state index is 12.6. The number of nitrogens with one attached hydrogen (secondary N) is 1. The standard InChI is InChI=1S/C18H19N3O2S/c1-2-3-10-19-16(22)12-21-18(23)14-8-5-4-7-13(14)17(20-21)15-9-6-11-24-15/h4-9,11H,2-3,10,12H2,1H3,(H,19,22). The second-order valence-corrected chi connectivity index (χ2v) is 6.49. The molecule has 0 unspecified atom stereocenters. The van der Waals surface area contributed by atoms with Crippen molar-refractivity contribution in [1.29, 1.82) is 0 Å². The molecule has 0 aliphatic rings. The average Bonchev–Trinajstić information content (AvgIpc) is 3.12. The van der Waals surface area contributed by atoms with Crippen LogP contribution in [-0.2, 0) is 11.3 Å². The summed E-state index contributed by atoms with van der Waals surface area (Å²) in [5.74, 6) is -0.189. The van der Waals surface area contributed by atoms with Gasteiger partial charge in [-0.25, -0.2) is 4.68 Å². The highest BCUT2D eigenvalue weighted by molar-refractivity contribution is 7.13. The lowest BCUT2D eigenvalue weighted by atomic mass is 10.1. The van der Waals surface area contributed by atoms with Crippen LogP contribution in [0.4, 0.5) is 0 Å². The number of thiophene rings is 1. The molecule has 124 valence electrons. The highest BCUT2D eigenvalue weighted by Crippen LogP contribution is 2.28. The summed E-state index contributed by atoms with van der Waals surface area (Å²) >= 11 is 1.56. The molecule has 0 aliphatic carbocycles. The minimum Gasteiger partial charge on any atom is -0.354 e. The van der Waals surface area contributed by atoms with Crippen LogP contribution in [-0.4, -0.2) is 22.2 Å². The Labute approximate surface area is 143 Å². The number of amides is 1. The Balaban J connectivity index is 2.01. The Bertz CT molecular complexity index is 900. The minimum atomic E-state index is -0.239. The Morgan fingerprint density at radius 1 is 1.21 bits per heavy atom. The molecule has 0 fully saturated rings. The van der Waals surface area contributed by atoms with Gasteiger partial charge in [0.1, 0.15) is 12.2 Å². The van der Waals surface area contributed by atoms with E-state index in [1.165, 1.54) is 4.68 Å². The molecule has 0 radical (unpaired) electrons. The summed E-state index contributed by atoms with van der Waals surface area (Å²) in [6.45, 7) is 2.62. The quantitative estimate of drug-likeness (QED) is 0.701. The third-order valence-corrected chi connectivity index (χ3v) is 4.64. The summed E-state index contributed by atoms with van der Waals surface area (Å²) in [6, 6.07) is 11.3. The second kappa shape index (κ2) is 7.40. The van der Waals surface area contributed by atoms with Crippen LogP contribution in [0.2, 0.25) is 0 Å². The molecule has 2 heterocycles. The van der Waals surface area contributed by atoms with Gasteiger partial charge in [-0.3, -0.25) is 9.59 Å². The molecule has 1 amide bonds.